The molecule has 3 nitrogen and oxygen atoms in total. The van der Waals surface area contributed by atoms with Crippen LogP contribution in [-0.4, -0.2) is 26.2 Å². The first-order valence-corrected chi connectivity index (χ1v) is 6.67. The van der Waals surface area contributed by atoms with Crippen molar-refractivity contribution in [2.75, 3.05) is 20.2 Å². The number of nitrogens with one attached hydrogen (secondary N) is 1. The van der Waals surface area contributed by atoms with Gasteiger partial charge in [0.25, 0.3) is 0 Å². The largest absolute Gasteiger partial charge is 0.496 e. The van der Waals surface area contributed by atoms with Crippen LogP contribution in [0, 0.1) is 0 Å². The van der Waals surface area contributed by atoms with Gasteiger partial charge in [-0.05, 0) is 43.0 Å². The molecule has 0 aliphatic heterocycles. The van der Waals surface area contributed by atoms with E-state index in [1.165, 1.54) is 11.1 Å². The molecular formula is C15H26N2O. The van der Waals surface area contributed by atoms with Crippen LogP contribution in [0.2, 0.25) is 0 Å². The van der Waals surface area contributed by atoms with Gasteiger partial charge in [-0.15, -0.1) is 0 Å². The van der Waals surface area contributed by atoms with Gasteiger partial charge in [0.2, 0.25) is 0 Å². The Morgan fingerprint density at radius 3 is 2.56 bits per heavy atom. The van der Waals surface area contributed by atoms with E-state index in [0.29, 0.717) is 5.92 Å². The van der Waals surface area contributed by atoms with Crippen molar-refractivity contribution >= 4 is 0 Å². The monoisotopic (exact) mass is 250 g/mol. The lowest BCUT2D eigenvalue weighted by Gasteiger charge is -2.13. The number of ether oxygens (including phenoxy) is 1. The van der Waals surface area contributed by atoms with Crippen LogP contribution in [0.15, 0.2) is 18.2 Å². The fourth-order valence-electron chi connectivity index (χ4n) is 1.91. The van der Waals surface area contributed by atoms with E-state index in [4.69, 9.17) is 10.5 Å². The van der Waals surface area contributed by atoms with Gasteiger partial charge in [0.1, 0.15) is 5.75 Å². The minimum absolute atomic E-state index is 0.203. The van der Waals surface area contributed by atoms with Gasteiger partial charge in [-0.25, -0.2) is 0 Å². The van der Waals surface area contributed by atoms with Crippen molar-refractivity contribution in [2.45, 2.75) is 39.2 Å². The van der Waals surface area contributed by atoms with Crippen molar-refractivity contribution in [1.29, 1.82) is 0 Å². The zero-order valence-corrected chi connectivity index (χ0v) is 12.0. The van der Waals surface area contributed by atoms with Crippen LogP contribution < -0.4 is 15.8 Å². The highest BCUT2D eigenvalue weighted by atomic mass is 16.5. The van der Waals surface area contributed by atoms with Crippen LogP contribution in [-0.2, 0) is 6.42 Å². The molecule has 0 radical (unpaired) electrons. The standard InChI is InChI=1S/C15H26N2O/c1-11(2)13-5-6-15(18-4)14(9-13)7-8-17-10-12(3)16/h5-6,9,11-12,17H,7-8,10,16H2,1-4H3. The summed E-state index contributed by atoms with van der Waals surface area (Å²) < 4.78 is 5.41. The van der Waals surface area contributed by atoms with Crippen molar-refractivity contribution in [3.05, 3.63) is 29.3 Å². The zero-order chi connectivity index (χ0) is 13.5. The third kappa shape index (κ3) is 4.67. The van der Waals surface area contributed by atoms with Crippen molar-refractivity contribution in [3.63, 3.8) is 0 Å². The molecule has 3 N–H and O–H groups in total. The van der Waals surface area contributed by atoms with Crippen molar-refractivity contribution < 1.29 is 4.74 Å². The number of methoxy groups -OCH3 is 1. The summed E-state index contributed by atoms with van der Waals surface area (Å²) in [6.07, 6.45) is 0.969. The van der Waals surface area contributed by atoms with Gasteiger partial charge < -0.3 is 15.8 Å². The van der Waals surface area contributed by atoms with Crippen LogP contribution in [0.1, 0.15) is 37.8 Å². The van der Waals surface area contributed by atoms with Crippen LogP contribution >= 0.6 is 0 Å². The molecule has 0 spiro atoms. The zero-order valence-electron chi connectivity index (χ0n) is 12.0. The van der Waals surface area contributed by atoms with Gasteiger partial charge >= 0.3 is 0 Å². The second-order valence-corrected chi connectivity index (χ2v) is 5.16. The van der Waals surface area contributed by atoms with Crippen LogP contribution in [0.4, 0.5) is 0 Å². The maximum absolute atomic E-state index is 5.70. The van der Waals surface area contributed by atoms with Gasteiger partial charge in [0.05, 0.1) is 7.11 Å². The molecule has 1 aromatic rings. The van der Waals surface area contributed by atoms with Crippen molar-refractivity contribution in [3.8, 4) is 5.75 Å². The Bertz CT molecular complexity index is 362. The molecule has 0 aliphatic carbocycles. The average molecular weight is 250 g/mol. The molecule has 0 aliphatic rings. The van der Waals surface area contributed by atoms with Gasteiger partial charge in [0, 0.05) is 12.6 Å². The number of hydrogen-bond acceptors (Lipinski definition) is 3. The Balaban J connectivity index is 2.63. The molecule has 0 heterocycles. The Morgan fingerprint density at radius 1 is 1.28 bits per heavy atom. The van der Waals surface area contributed by atoms with Gasteiger partial charge in [0.15, 0.2) is 0 Å². The highest BCUT2D eigenvalue weighted by molar-refractivity contribution is 5.38. The predicted octanol–water partition coefficient (Wildman–Crippen LogP) is 2.30. The molecule has 0 bridgehead atoms. The van der Waals surface area contributed by atoms with Crippen LogP contribution in [0.25, 0.3) is 0 Å². The number of benzene rings is 1. The molecule has 0 amide bonds. The quantitative estimate of drug-likeness (QED) is 0.730. The highest BCUT2D eigenvalue weighted by Gasteiger charge is 2.06. The number of rotatable bonds is 7. The first-order valence-electron chi connectivity index (χ1n) is 6.67. The topological polar surface area (TPSA) is 47.3 Å². The SMILES string of the molecule is COc1ccc(C(C)C)cc1CCNCC(C)N. The molecule has 1 aromatic carbocycles. The molecule has 1 rings (SSSR count). The summed E-state index contributed by atoms with van der Waals surface area (Å²) in [7, 11) is 1.73. The maximum atomic E-state index is 5.70. The van der Waals surface area contributed by atoms with Gasteiger partial charge in [-0.1, -0.05) is 26.0 Å². The molecule has 1 atom stereocenters. The van der Waals surface area contributed by atoms with E-state index in [1.54, 1.807) is 7.11 Å². The van der Waals surface area contributed by atoms with E-state index >= 15 is 0 Å². The predicted molar refractivity (Wildman–Crippen MR) is 77.3 cm³/mol. The molecule has 3 heteroatoms. The van der Waals surface area contributed by atoms with Crippen molar-refractivity contribution in [2.24, 2.45) is 5.73 Å². The average Bonchev–Trinajstić information content (AvgIpc) is 2.34. The van der Waals surface area contributed by atoms with E-state index in [1.807, 2.05) is 6.92 Å². The molecule has 0 fully saturated rings. The van der Waals surface area contributed by atoms with Gasteiger partial charge in [-0.2, -0.15) is 0 Å². The molecule has 1 unspecified atom stereocenters. The molecule has 0 aromatic heterocycles. The van der Waals surface area contributed by atoms with E-state index in [9.17, 15) is 0 Å². The summed E-state index contributed by atoms with van der Waals surface area (Å²) in [6.45, 7) is 8.21. The lowest BCUT2D eigenvalue weighted by molar-refractivity contribution is 0.408. The molecule has 0 saturated heterocycles. The second kappa shape index (κ2) is 7.39. The lowest BCUT2D eigenvalue weighted by Crippen LogP contribution is -2.32. The Kier molecular flexibility index (Phi) is 6.16. The summed E-state index contributed by atoms with van der Waals surface area (Å²) >= 11 is 0. The first kappa shape index (κ1) is 15.0. The lowest BCUT2D eigenvalue weighted by atomic mass is 9.99. The Hall–Kier alpha value is -1.06. The molecule has 0 saturated carbocycles. The number of nitrogens with two attached hydrogens (primary N) is 1. The molecule has 18 heavy (non-hydrogen) atoms. The van der Waals surface area contributed by atoms with E-state index in [-0.39, 0.29) is 6.04 Å². The fraction of sp³-hybridized carbons (Fsp3) is 0.600. The summed E-state index contributed by atoms with van der Waals surface area (Å²) in [5, 5.41) is 3.35. The van der Waals surface area contributed by atoms with Crippen LogP contribution in [0.3, 0.4) is 0 Å². The minimum atomic E-state index is 0.203. The molecular weight excluding hydrogens is 224 g/mol. The highest BCUT2D eigenvalue weighted by Crippen LogP contribution is 2.24. The Morgan fingerprint density at radius 2 is 2.00 bits per heavy atom. The van der Waals surface area contributed by atoms with E-state index in [0.717, 1.165) is 25.3 Å². The first-order chi connectivity index (χ1) is 8.54. The number of hydrogen-bond donors (Lipinski definition) is 2. The smallest absolute Gasteiger partial charge is 0.122 e. The Labute approximate surface area is 111 Å². The van der Waals surface area contributed by atoms with E-state index in [2.05, 4.69) is 37.4 Å². The van der Waals surface area contributed by atoms with Crippen molar-refractivity contribution in [1.82, 2.24) is 5.32 Å². The normalized spacial score (nSPS) is 12.8. The van der Waals surface area contributed by atoms with Crippen LogP contribution in [0.5, 0.6) is 5.75 Å². The maximum Gasteiger partial charge on any atom is 0.122 e. The fourth-order valence-corrected chi connectivity index (χ4v) is 1.91. The summed E-state index contributed by atoms with van der Waals surface area (Å²) in [6, 6.07) is 6.66. The third-order valence-electron chi connectivity index (χ3n) is 3.01. The summed E-state index contributed by atoms with van der Waals surface area (Å²) in [5.74, 6) is 1.52. The van der Waals surface area contributed by atoms with Gasteiger partial charge in [-0.3, -0.25) is 0 Å². The minimum Gasteiger partial charge on any atom is -0.496 e. The molecule has 102 valence electrons. The summed E-state index contributed by atoms with van der Waals surface area (Å²) in [5.41, 5.74) is 8.33. The van der Waals surface area contributed by atoms with E-state index < -0.39 is 0 Å². The second-order valence-electron chi connectivity index (χ2n) is 5.16. The third-order valence-corrected chi connectivity index (χ3v) is 3.01. The summed E-state index contributed by atoms with van der Waals surface area (Å²) in [4.78, 5) is 0.